The lowest BCUT2D eigenvalue weighted by atomic mass is 9.98. The molecule has 0 fully saturated rings. The summed E-state index contributed by atoms with van der Waals surface area (Å²) in [6.07, 6.45) is 0.905. The average Bonchev–Trinajstić information content (AvgIpc) is 2.42. The van der Waals surface area contributed by atoms with Gasteiger partial charge in [-0.15, -0.1) is 0 Å². The van der Waals surface area contributed by atoms with Crippen LogP contribution in [0.25, 0.3) is 0 Å². The Morgan fingerprint density at radius 2 is 1.81 bits per heavy atom. The third-order valence-electron chi connectivity index (χ3n) is 3.09. The number of rotatable bonds is 5. The Bertz CT molecular complexity index is 611. The molecule has 1 nitrogen and oxygen atoms in total. The summed E-state index contributed by atoms with van der Waals surface area (Å²) in [5, 5.41) is 3.28. The fourth-order valence-corrected chi connectivity index (χ4v) is 3.04. The number of halogens is 4. The van der Waals surface area contributed by atoms with Gasteiger partial charge in [0.1, 0.15) is 11.6 Å². The van der Waals surface area contributed by atoms with Crippen LogP contribution in [0.5, 0.6) is 0 Å². The van der Waals surface area contributed by atoms with E-state index in [0.29, 0.717) is 22.1 Å². The molecule has 112 valence electrons. The molecule has 0 saturated carbocycles. The molecule has 0 aromatic heterocycles. The minimum atomic E-state index is -0.394. The molecule has 0 saturated heterocycles. The lowest BCUT2D eigenvalue weighted by Crippen LogP contribution is -2.24. The second-order valence-corrected chi connectivity index (χ2v) is 6.59. The first-order valence-corrected chi connectivity index (χ1v) is 8.24. The molecule has 0 amide bonds. The molecule has 0 aliphatic rings. The van der Waals surface area contributed by atoms with Gasteiger partial charge in [-0.05, 0) is 54.9 Å². The first-order valence-electron chi connectivity index (χ1n) is 6.65. The number of benzene rings is 2. The number of hydrogen-bond donors (Lipinski definition) is 1. The summed E-state index contributed by atoms with van der Waals surface area (Å²) in [5.41, 5.74) is 1.18. The van der Waals surface area contributed by atoms with Crippen molar-refractivity contribution in [1.82, 2.24) is 5.32 Å². The van der Waals surface area contributed by atoms with E-state index in [0.717, 1.165) is 10.9 Å². The van der Waals surface area contributed by atoms with E-state index < -0.39 is 6.04 Å². The molecule has 1 unspecified atom stereocenters. The fraction of sp³-hybridized carbons (Fsp3) is 0.250. The van der Waals surface area contributed by atoms with Gasteiger partial charge >= 0.3 is 0 Å². The summed E-state index contributed by atoms with van der Waals surface area (Å²) >= 11 is 6.64. The van der Waals surface area contributed by atoms with E-state index in [1.54, 1.807) is 18.2 Å². The van der Waals surface area contributed by atoms with E-state index in [9.17, 15) is 8.78 Å². The summed E-state index contributed by atoms with van der Waals surface area (Å²) < 4.78 is 29.2. The lowest BCUT2D eigenvalue weighted by Gasteiger charge is -2.21. The van der Waals surface area contributed by atoms with Gasteiger partial charge in [0.15, 0.2) is 0 Å². The highest BCUT2D eigenvalue weighted by Gasteiger charge is 2.19. The Morgan fingerprint density at radius 1 is 1.05 bits per heavy atom. The maximum Gasteiger partial charge on any atom is 0.128 e. The van der Waals surface area contributed by atoms with Crippen LogP contribution in [0, 0.1) is 11.6 Å². The third-order valence-corrected chi connectivity index (χ3v) is 4.04. The van der Waals surface area contributed by atoms with E-state index in [2.05, 4.69) is 37.2 Å². The van der Waals surface area contributed by atoms with Gasteiger partial charge in [0, 0.05) is 14.5 Å². The van der Waals surface area contributed by atoms with Crippen LogP contribution in [0.2, 0.25) is 0 Å². The molecule has 0 radical (unpaired) electrons. The zero-order valence-electron chi connectivity index (χ0n) is 11.5. The van der Waals surface area contributed by atoms with Crippen LogP contribution in [0.4, 0.5) is 8.78 Å². The van der Waals surface area contributed by atoms with Crippen molar-refractivity contribution >= 4 is 31.9 Å². The molecule has 0 spiro atoms. The molecule has 1 atom stereocenters. The van der Waals surface area contributed by atoms with Crippen LogP contribution in [-0.2, 0) is 0 Å². The van der Waals surface area contributed by atoms with E-state index in [1.807, 2.05) is 6.92 Å². The zero-order chi connectivity index (χ0) is 15.4. The molecule has 5 heteroatoms. The van der Waals surface area contributed by atoms with Crippen LogP contribution in [0.1, 0.15) is 30.5 Å². The van der Waals surface area contributed by atoms with Crippen LogP contribution in [-0.4, -0.2) is 6.54 Å². The molecule has 0 aliphatic carbocycles. The van der Waals surface area contributed by atoms with Gasteiger partial charge in [-0.1, -0.05) is 38.8 Å². The topological polar surface area (TPSA) is 12.0 Å². The predicted molar refractivity (Wildman–Crippen MR) is 88.3 cm³/mol. The second kappa shape index (κ2) is 7.47. The van der Waals surface area contributed by atoms with Crippen molar-refractivity contribution in [3.05, 3.63) is 68.1 Å². The highest BCUT2D eigenvalue weighted by Crippen LogP contribution is 2.29. The quantitative estimate of drug-likeness (QED) is 0.668. The summed E-state index contributed by atoms with van der Waals surface area (Å²) in [6, 6.07) is 9.01. The van der Waals surface area contributed by atoms with E-state index in [-0.39, 0.29) is 11.6 Å². The number of nitrogens with one attached hydrogen (secondary N) is 1. The molecule has 1 N–H and O–H groups in total. The normalized spacial score (nSPS) is 12.4. The highest BCUT2D eigenvalue weighted by molar-refractivity contribution is 9.10. The van der Waals surface area contributed by atoms with Crippen LogP contribution >= 0.6 is 31.9 Å². The Balaban J connectivity index is 2.49. The molecule has 0 heterocycles. The Kier molecular flexibility index (Phi) is 5.90. The Morgan fingerprint density at radius 3 is 2.48 bits per heavy atom. The van der Waals surface area contributed by atoms with Crippen LogP contribution in [0.3, 0.4) is 0 Å². The number of hydrogen-bond acceptors (Lipinski definition) is 1. The monoisotopic (exact) mass is 417 g/mol. The third kappa shape index (κ3) is 4.34. The van der Waals surface area contributed by atoms with Crippen molar-refractivity contribution in [2.24, 2.45) is 0 Å². The fourth-order valence-electron chi connectivity index (χ4n) is 2.17. The van der Waals surface area contributed by atoms with Crippen molar-refractivity contribution in [1.29, 1.82) is 0 Å². The molecular formula is C16H15Br2F2N. The highest BCUT2D eigenvalue weighted by atomic mass is 79.9. The smallest absolute Gasteiger partial charge is 0.128 e. The van der Waals surface area contributed by atoms with Gasteiger partial charge in [-0.2, -0.15) is 0 Å². The van der Waals surface area contributed by atoms with Crippen LogP contribution < -0.4 is 5.32 Å². The summed E-state index contributed by atoms with van der Waals surface area (Å²) in [6.45, 7) is 2.74. The van der Waals surface area contributed by atoms with Crippen molar-refractivity contribution in [3.63, 3.8) is 0 Å². The van der Waals surface area contributed by atoms with E-state index in [4.69, 9.17) is 0 Å². The largest absolute Gasteiger partial charge is 0.306 e. The first kappa shape index (κ1) is 16.6. The van der Waals surface area contributed by atoms with E-state index >= 15 is 0 Å². The van der Waals surface area contributed by atoms with E-state index in [1.165, 1.54) is 18.2 Å². The molecule has 2 rings (SSSR count). The Labute approximate surface area is 140 Å². The van der Waals surface area contributed by atoms with Crippen LogP contribution in [0.15, 0.2) is 45.3 Å². The maximum absolute atomic E-state index is 14.2. The van der Waals surface area contributed by atoms with Crippen molar-refractivity contribution in [3.8, 4) is 0 Å². The minimum absolute atomic E-state index is 0.313. The molecule has 0 bridgehead atoms. The van der Waals surface area contributed by atoms with Gasteiger partial charge in [-0.25, -0.2) is 8.78 Å². The standard InChI is InChI=1S/C16H15Br2F2N/c1-2-5-21-16(10-6-12(18)8-13(19)7-10)14-9-11(17)3-4-15(14)20/h3-4,6-9,16,21H,2,5H2,1H3. The maximum atomic E-state index is 14.2. The first-order chi connectivity index (χ1) is 10.0. The molecular weight excluding hydrogens is 404 g/mol. The lowest BCUT2D eigenvalue weighted by molar-refractivity contribution is 0.542. The predicted octanol–water partition coefficient (Wildman–Crippen LogP) is 5.58. The van der Waals surface area contributed by atoms with Gasteiger partial charge in [-0.3, -0.25) is 0 Å². The van der Waals surface area contributed by atoms with Crippen molar-refractivity contribution in [2.75, 3.05) is 6.54 Å². The molecule has 21 heavy (non-hydrogen) atoms. The average molecular weight is 419 g/mol. The van der Waals surface area contributed by atoms with Gasteiger partial charge in [0.05, 0.1) is 6.04 Å². The SMILES string of the molecule is CCCNC(c1cc(F)cc(Br)c1)c1cc(Br)ccc1F. The minimum Gasteiger partial charge on any atom is -0.306 e. The van der Waals surface area contributed by atoms with Crippen molar-refractivity contribution < 1.29 is 8.78 Å². The molecule has 0 aliphatic heterocycles. The molecule has 2 aromatic carbocycles. The summed E-state index contributed by atoms with van der Waals surface area (Å²) in [5.74, 6) is -0.662. The second-order valence-electron chi connectivity index (χ2n) is 4.76. The van der Waals surface area contributed by atoms with Gasteiger partial charge in [0.2, 0.25) is 0 Å². The Hall–Kier alpha value is -0.780. The van der Waals surface area contributed by atoms with Gasteiger partial charge < -0.3 is 5.32 Å². The molecule has 2 aromatic rings. The zero-order valence-corrected chi connectivity index (χ0v) is 14.6. The van der Waals surface area contributed by atoms with Crippen molar-refractivity contribution in [2.45, 2.75) is 19.4 Å². The summed E-state index contributed by atoms with van der Waals surface area (Å²) in [7, 11) is 0. The van der Waals surface area contributed by atoms with Gasteiger partial charge in [0.25, 0.3) is 0 Å². The summed E-state index contributed by atoms with van der Waals surface area (Å²) in [4.78, 5) is 0.